The van der Waals surface area contributed by atoms with Crippen molar-refractivity contribution >= 4 is 17.3 Å². The molecule has 0 spiro atoms. The summed E-state index contributed by atoms with van der Waals surface area (Å²) >= 11 is 5.53. The van der Waals surface area contributed by atoms with E-state index in [9.17, 15) is 10.1 Å². The highest BCUT2D eigenvalue weighted by molar-refractivity contribution is 6.30. The minimum atomic E-state index is -0.575. The Morgan fingerprint density at radius 3 is 2.67 bits per heavy atom. The van der Waals surface area contributed by atoms with Crippen molar-refractivity contribution in [3.05, 3.63) is 33.3 Å². The molecular weight excluding hydrogens is 184 g/mol. The van der Waals surface area contributed by atoms with Gasteiger partial charge in [0.15, 0.2) is 5.75 Å². The van der Waals surface area contributed by atoms with Crippen LogP contribution in [0.5, 0.6) is 5.75 Å². The van der Waals surface area contributed by atoms with E-state index in [0.717, 1.165) is 0 Å². The Hall–Kier alpha value is -1.33. The number of non-ortho nitro benzene ring substituents is 1. The Morgan fingerprint density at radius 2 is 2.17 bits per heavy atom. The van der Waals surface area contributed by atoms with Gasteiger partial charge in [0.25, 0.3) is 5.69 Å². The van der Waals surface area contributed by atoms with Crippen molar-refractivity contribution in [3.63, 3.8) is 0 Å². The molecule has 0 saturated heterocycles. The topological polar surface area (TPSA) is 78.4 Å². The molecule has 0 amide bonds. The number of nitrogens with zero attached hydrogens (tertiary/aromatic N) is 1. The standard InChI is InChI=1S/C6H5ClN2O3/c7-4-1-5(9(10)11)3-6(2-4)12-8/h1-3H,8H2. The molecule has 5 nitrogen and oxygen atoms in total. The summed E-state index contributed by atoms with van der Waals surface area (Å²) < 4.78 is 0. The molecule has 0 bridgehead atoms. The SMILES string of the molecule is NOc1cc(Cl)cc([N+](=O)[O-])c1. The van der Waals surface area contributed by atoms with Gasteiger partial charge in [-0.05, 0) is 0 Å². The van der Waals surface area contributed by atoms with Gasteiger partial charge in [0, 0.05) is 12.1 Å². The monoisotopic (exact) mass is 188 g/mol. The number of hydrogen-bond acceptors (Lipinski definition) is 4. The van der Waals surface area contributed by atoms with Crippen molar-refractivity contribution in [1.82, 2.24) is 0 Å². The predicted molar refractivity (Wildman–Crippen MR) is 42.9 cm³/mol. The average molecular weight is 189 g/mol. The highest BCUT2D eigenvalue weighted by Gasteiger charge is 2.08. The molecule has 0 aliphatic heterocycles. The molecule has 0 aromatic heterocycles. The Balaban J connectivity index is 3.15. The number of halogens is 1. The van der Waals surface area contributed by atoms with E-state index < -0.39 is 4.92 Å². The van der Waals surface area contributed by atoms with Crippen LogP contribution in [0.25, 0.3) is 0 Å². The summed E-state index contributed by atoms with van der Waals surface area (Å²) in [6, 6.07) is 3.78. The molecule has 0 radical (unpaired) electrons. The first-order valence-electron chi connectivity index (χ1n) is 2.95. The van der Waals surface area contributed by atoms with Gasteiger partial charge in [-0.2, -0.15) is 5.90 Å². The molecule has 2 N–H and O–H groups in total. The van der Waals surface area contributed by atoms with Crippen molar-refractivity contribution in [1.29, 1.82) is 0 Å². The van der Waals surface area contributed by atoms with Gasteiger partial charge in [0.05, 0.1) is 16.0 Å². The molecule has 64 valence electrons. The quantitative estimate of drug-likeness (QED) is 0.564. The van der Waals surface area contributed by atoms with Crippen LogP contribution in [0, 0.1) is 10.1 Å². The number of hydrogen-bond donors (Lipinski definition) is 1. The Morgan fingerprint density at radius 1 is 1.50 bits per heavy atom. The minimum absolute atomic E-state index is 0.150. The lowest BCUT2D eigenvalue weighted by Crippen LogP contribution is -2.02. The first-order valence-corrected chi connectivity index (χ1v) is 3.33. The van der Waals surface area contributed by atoms with Crippen molar-refractivity contribution < 1.29 is 9.76 Å². The lowest BCUT2D eigenvalue weighted by atomic mass is 10.3. The molecule has 0 heterocycles. The van der Waals surface area contributed by atoms with Gasteiger partial charge in [0.1, 0.15) is 0 Å². The Bertz CT molecular complexity index is 316. The Kier molecular flexibility index (Phi) is 2.47. The second-order valence-corrected chi connectivity index (χ2v) is 2.46. The smallest absolute Gasteiger partial charge is 0.274 e. The summed E-state index contributed by atoms with van der Waals surface area (Å²) in [5, 5.41) is 10.5. The molecular formula is C6H5ClN2O3. The molecule has 0 aliphatic carbocycles. The molecule has 0 fully saturated rings. The van der Waals surface area contributed by atoms with Crippen LogP contribution in [0.1, 0.15) is 0 Å². The van der Waals surface area contributed by atoms with E-state index in [-0.39, 0.29) is 16.5 Å². The summed E-state index contributed by atoms with van der Waals surface area (Å²) in [6.45, 7) is 0. The third-order valence-corrected chi connectivity index (χ3v) is 1.42. The van der Waals surface area contributed by atoms with Crippen molar-refractivity contribution in [2.45, 2.75) is 0 Å². The van der Waals surface area contributed by atoms with Crippen molar-refractivity contribution in [2.75, 3.05) is 0 Å². The molecule has 0 atom stereocenters. The largest absolute Gasteiger partial charge is 0.411 e. The lowest BCUT2D eigenvalue weighted by Gasteiger charge is -1.98. The normalized spacial score (nSPS) is 9.50. The highest BCUT2D eigenvalue weighted by Crippen LogP contribution is 2.24. The maximum atomic E-state index is 10.3. The molecule has 6 heteroatoms. The number of nitro groups is 1. The maximum Gasteiger partial charge on any atom is 0.274 e. The zero-order valence-corrected chi connectivity index (χ0v) is 6.62. The van der Waals surface area contributed by atoms with E-state index in [0.29, 0.717) is 0 Å². The third kappa shape index (κ3) is 1.84. The van der Waals surface area contributed by atoms with Crippen molar-refractivity contribution in [3.8, 4) is 5.75 Å². The molecule has 1 rings (SSSR count). The number of nitrogens with two attached hydrogens (primary N) is 1. The van der Waals surface area contributed by atoms with E-state index in [1.807, 2.05) is 0 Å². The number of rotatable bonds is 2. The van der Waals surface area contributed by atoms with Gasteiger partial charge in [-0.3, -0.25) is 10.1 Å². The van der Waals surface area contributed by atoms with Crippen LogP contribution in [0.3, 0.4) is 0 Å². The molecule has 0 saturated carbocycles. The van der Waals surface area contributed by atoms with Crippen LogP contribution in [-0.2, 0) is 0 Å². The average Bonchev–Trinajstić information content (AvgIpc) is 2.03. The Labute approximate surface area is 72.8 Å². The molecule has 1 aromatic rings. The highest BCUT2D eigenvalue weighted by atomic mass is 35.5. The van der Waals surface area contributed by atoms with Gasteiger partial charge < -0.3 is 4.84 Å². The van der Waals surface area contributed by atoms with Crippen LogP contribution in [0.4, 0.5) is 5.69 Å². The minimum Gasteiger partial charge on any atom is -0.411 e. The van der Waals surface area contributed by atoms with E-state index >= 15 is 0 Å². The van der Waals surface area contributed by atoms with Crippen LogP contribution in [-0.4, -0.2) is 4.92 Å². The lowest BCUT2D eigenvalue weighted by molar-refractivity contribution is -0.384. The first kappa shape index (κ1) is 8.76. The van der Waals surface area contributed by atoms with Gasteiger partial charge >= 0.3 is 0 Å². The maximum absolute atomic E-state index is 10.3. The van der Waals surface area contributed by atoms with Crippen molar-refractivity contribution in [2.24, 2.45) is 5.90 Å². The van der Waals surface area contributed by atoms with Crippen LogP contribution < -0.4 is 10.7 Å². The summed E-state index contributed by atoms with van der Waals surface area (Å²) in [4.78, 5) is 14.0. The van der Waals surface area contributed by atoms with E-state index in [1.54, 1.807) is 0 Å². The zero-order valence-electron chi connectivity index (χ0n) is 5.86. The number of benzene rings is 1. The summed E-state index contributed by atoms with van der Waals surface area (Å²) in [6.07, 6.45) is 0. The molecule has 1 aromatic carbocycles. The van der Waals surface area contributed by atoms with Gasteiger partial charge in [-0.1, -0.05) is 11.6 Å². The van der Waals surface area contributed by atoms with Crippen LogP contribution >= 0.6 is 11.6 Å². The fraction of sp³-hybridized carbons (Fsp3) is 0. The molecule has 12 heavy (non-hydrogen) atoms. The van der Waals surface area contributed by atoms with Crippen LogP contribution in [0.15, 0.2) is 18.2 Å². The molecule has 0 aliphatic rings. The summed E-state index contributed by atoms with van der Waals surface area (Å²) in [5.41, 5.74) is -0.150. The van der Waals surface area contributed by atoms with Crippen LogP contribution in [0.2, 0.25) is 5.02 Å². The van der Waals surface area contributed by atoms with E-state index in [1.165, 1.54) is 18.2 Å². The van der Waals surface area contributed by atoms with Gasteiger partial charge in [0.2, 0.25) is 0 Å². The molecule has 0 unspecified atom stereocenters. The zero-order chi connectivity index (χ0) is 9.14. The van der Waals surface area contributed by atoms with E-state index in [4.69, 9.17) is 17.5 Å². The summed E-state index contributed by atoms with van der Waals surface area (Å²) in [7, 11) is 0. The van der Waals surface area contributed by atoms with Gasteiger partial charge in [-0.15, -0.1) is 0 Å². The predicted octanol–water partition coefficient (Wildman–Crippen LogP) is 1.50. The summed E-state index contributed by atoms with van der Waals surface area (Å²) in [5.74, 6) is 4.97. The first-order chi connectivity index (χ1) is 5.63. The van der Waals surface area contributed by atoms with Gasteiger partial charge in [-0.25, -0.2) is 0 Å². The van der Waals surface area contributed by atoms with E-state index in [2.05, 4.69) is 4.84 Å². The second-order valence-electron chi connectivity index (χ2n) is 2.02. The second kappa shape index (κ2) is 3.38. The fourth-order valence-corrected chi connectivity index (χ4v) is 0.941. The number of nitro benzene ring substituents is 1. The fourth-order valence-electron chi connectivity index (χ4n) is 0.721. The third-order valence-electron chi connectivity index (χ3n) is 1.20.